The predicted octanol–water partition coefficient (Wildman–Crippen LogP) is 2.73. The van der Waals surface area contributed by atoms with E-state index in [0.29, 0.717) is 5.69 Å². The minimum Gasteiger partial charge on any atom is -0.256 e. The summed E-state index contributed by atoms with van der Waals surface area (Å²) < 4.78 is 1.75. The minimum atomic E-state index is -0.347. The molecule has 0 saturated carbocycles. The second-order valence-electron chi connectivity index (χ2n) is 4.67. The fraction of sp³-hybridized carbons (Fsp3) is 0. The van der Waals surface area contributed by atoms with E-state index < -0.39 is 0 Å². The molecule has 2 aromatic heterocycles. The maximum atomic E-state index is 11.6. The van der Waals surface area contributed by atoms with Gasteiger partial charge in [-0.25, -0.2) is 9.89 Å². The van der Waals surface area contributed by atoms with Crippen molar-refractivity contribution in [1.29, 1.82) is 0 Å². The van der Waals surface area contributed by atoms with Crippen LogP contribution >= 0.6 is 0 Å². The molecule has 1 aliphatic carbocycles. The number of hydrogen-bond donors (Lipinski definition) is 1. The van der Waals surface area contributed by atoms with Crippen molar-refractivity contribution in [3.63, 3.8) is 0 Å². The van der Waals surface area contributed by atoms with Crippen molar-refractivity contribution in [2.24, 2.45) is 0 Å². The van der Waals surface area contributed by atoms with Gasteiger partial charge in [0.15, 0.2) is 0 Å². The van der Waals surface area contributed by atoms with Gasteiger partial charge in [-0.15, -0.1) is 0 Å². The van der Waals surface area contributed by atoms with Crippen molar-refractivity contribution in [3.8, 4) is 11.1 Å². The zero-order valence-corrected chi connectivity index (χ0v) is 10.6. The highest BCUT2D eigenvalue weighted by atomic mass is 16.1. The summed E-state index contributed by atoms with van der Waals surface area (Å²) in [4.78, 5) is 15.7. The van der Waals surface area contributed by atoms with E-state index in [4.69, 9.17) is 0 Å². The molecule has 4 heteroatoms. The summed E-state index contributed by atoms with van der Waals surface area (Å²) in [6, 6.07) is 10.1. The first-order valence-corrected chi connectivity index (χ1v) is 6.38. The smallest absolute Gasteiger partial charge is 0.256 e. The second-order valence-corrected chi connectivity index (χ2v) is 4.67. The Morgan fingerprint density at radius 2 is 1.85 bits per heavy atom. The number of nitrogens with one attached hydrogen (secondary N) is 1. The number of allylic oxidation sites excluding steroid dienone is 2. The lowest BCUT2D eigenvalue weighted by Crippen LogP contribution is -2.15. The topological polar surface area (TPSA) is 50.2 Å². The fourth-order valence-corrected chi connectivity index (χ4v) is 2.59. The van der Waals surface area contributed by atoms with Crippen molar-refractivity contribution in [2.75, 3.05) is 0 Å². The monoisotopic (exact) mass is 261 g/mol. The van der Waals surface area contributed by atoms with Crippen LogP contribution in [0, 0.1) is 0 Å². The third-order valence-electron chi connectivity index (χ3n) is 3.44. The van der Waals surface area contributed by atoms with Gasteiger partial charge in [0.2, 0.25) is 0 Å². The Balaban J connectivity index is 2.14. The third-order valence-corrected chi connectivity index (χ3v) is 3.44. The molecular weight excluding hydrogens is 250 g/mol. The Kier molecular flexibility index (Phi) is 2.23. The lowest BCUT2D eigenvalue weighted by Gasteiger charge is -2.00. The lowest BCUT2D eigenvalue weighted by molar-refractivity contribution is 0.856. The van der Waals surface area contributed by atoms with Crippen LogP contribution in [0.2, 0.25) is 0 Å². The van der Waals surface area contributed by atoms with Gasteiger partial charge >= 0.3 is 5.69 Å². The first kappa shape index (κ1) is 11.0. The predicted molar refractivity (Wildman–Crippen MR) is 79.3 cm³/mol. The molecule has 0 fully saturated rings. The zero-order valence-electron chi connectivity index (χ0n) is 10.6. The first-order valence-electron chi connectivity index (χ1n) is 6.38. The molecule has 0 amide bonds. The molecule has 0 saturated heterocycles. The number of aromatic amines is 1. The first-order chi connectivity index (χ1) is 9.83. The van der Waals surface area contributed by atoms with Crippen molar-refractivity contribution in [2.45, 2.75) is 0 Å². The molecule has 0 spiro atoms. The Morgan fingerprint density at radius 3 is 2.70 bits per heavy atom. The van der Waals surface area contributed by atoms with Gasteiger partial charge in [0.25, 0.3) is 0 Å². The van der Waals surface area contributed by atoms with E-state index in [1.807, 2.05) is 48.7 Å². The van der Waals surface area contributed by atoms with E-state index >= 15 is 0 Å². The number of benzene rings is 1. The van der Waals surface area contributed by atoms with Gasteiger partial charge < -0.3 is 0 Å². The van der Waals surface area contributed by atoms with Crippen LogP contribution in [0.1, 0.15) is 11.3 Å². The Morgan fingerprint density at radius 1 is 1.05 bits per heavy atom. The summed E-state index contributed by atoms with van der Waals surface area (Å²) in [6.07, 6.45) is 9.71. The van der Waals surface area contributed by atoms with Gasteiger partial charge in [0.05, 0.1) is 11.2 Å². The van der Waals surface area contributed by atoms with E-state index in [1.54, 1.807) is 4.52 Å². The van der Waals surface area contributed by atoms with Gasteiger partial charge in [0.1, 0.15) is 0 Å². The van der Waals surface area contributed by atoms with Crippen LogP contribution in [0.4, 0.5) is 0 Å². The van der Waals surface area contributed by atoms with Crippen LogP contribution in [-0.4, -0.2) is 14.6 Å². The molecule has 0 atom stereocenters. The molecule has 1 N–H and O–H groups in total. The average molecular weight is 261 g/mol. The van der Waals surface area contributed by atoms with Crippen LogP contribution in [0.15, 0.2) is 53.5 Å². The largest absolute Gasteiger partial charge is 0.360 e. The summed E-state index contributed by atoms with van der Waals surface area (Å²) in [7, 11) is 0. The fourth-order valence-electron chi connectivity index (χ4n) is 2.59. The quantitative estimate of drug-likeness (QED) is 0.732. The molecule has 0 unspecified atom stereocenters. The van der Waals surface area contributed by atoms with E-state index in [1.165, 1.54) is 0 Å². The zero-order chi connectivity index (χ0) is 13.5. The molecule has 2 heterocycles. The summed E-state index contributed by atoms with van der Waals surface area (Å²) in [6.45, 7) is 0. The normalized spacial score (nSPS) is 12.8. The molecule has 4 nitrogen and oxygen atoms in total. The van der Waals surface area contributed by atoms with Crippen LogP contribution in [0.3, 0.4) is 0 Å². The van der Waals surface area contributed by atoms with Gasteiger partial charge in [-0.3, -0.25) is 4.52 Å². The molecule has 0 radical (unpaired) electrons. The molecule has 3 aromatic rings. The van der Waals surface area contributed by atoms with Gasteiger partial charge in [-0.2, -0.15) is 4.98 Å². The SMILES string of the molecule is O=c1nc2c3c(c(-c4ccccc4)cn3[nH]1)C=CC=C2. The summed E-state index contributed by atoms with van der Waals surface area (Å²) in [5.41, 5.74) is 4.53. The van der Waals surface area contributed by atoms with Crippen molar-refractivity contribution < 1.29 is 0 Å². The number of nitrogens with zero attached hydrogens (tertiary/aromatic N) is 2. The summed E-state index contributed by atoms with van der Waals surface area (Å²) in [5.74, 6) is 0. The van der Waals surface area contributed by atoms with E-state index in [-0.39, 0.29) is 5.69 Å². The summed E-state index contributed by atoms with van der Waals surface area (Å²) >= 11 is 0. The standard InChI is InChI=1S/C16H11N3O/c20-16-17-14-9-5-4-8-12-13(10-19(18-16)15(12)14)11-6-2-1-3-7-11/h1-10H,(H,18,20). The number of hydrogen-bond acceptors (Lipinski definition) is 2. The number of H-pyrrole nitrogens is 1. The van der Waals surface area contributed by atoms with Crippen molar-refractivity contribution in [3.05, 3.63) is 70.4 Å². The molecule has 1 aromatic carbocycles. The molecule has 4 rings (SSSR count). The van der Waals surface area contributed by atoms with Crippen LogP contribution in [0.25, 0.3) is 28.8 Å². The molecule has 20 heavy (non-hydrogen) atoms. The van der Waals surface area contributed by atoms with Gasteiger partial charge in [-0.1, -0.05) is 48.6 Å². The number of rotatable bonds is 1. The van der Waals surface area contributed by atoms with Gasteiger partial charge in [-0.05, 0) is 11.6 Å². The molecule has 0 aliphatic heterocycles. The van der Waals surface area contributed by atoms with Crippen LogP contribution in [-0.2, 0) is 0 Å². The highest BCUT2D eigenvalue weighted by Crippen LogP contribution is 2.31. The highest BCUT2D eigenvalue weighted by Gasteiger charge is 2.15. The number of aromatic nitrogens is 3. The molecule has 1 aliphatic rings. The van der Waals surface area contributed by atoms with E-state index in [9.17, 15) is 4.79 Å². The van der Waals surface area contributed by atoms with Crippen LogP contribution < -0.4 is 5.69 Å². The average Bonchev–Trinajstić information content (AvgIpc) is 2.68. The van der Waals surface area contributed by atoms with Gasteiger partial charge in [0, 0.05) is 17.3 Å². The third kappa shape index (κ3) is 1.55. The lowest BCUT2D eigenvalue weighted by atomic mass is 10.0. The molecule has 0 bridgehead atoms. The Bertz CT molecular complexity index is 914. The highest BCUT2D eigenvalue weighted by molar-refractivity contribution is 5.90. The molecule has 96 valence electrons. The maximum Gasteiger partial charge on any atom is 0.360 e. The van der Waals surface area contributed by atoms with E-state index in [2.05, 4.69) is 22.2 Å². The van der Waals surface area contributed by atoms with Crippen molar-refractivity contribution in [1.82, 2.24) is 14.6 Å². The Labute approximate surface area is 114 Å². The maximum absolute atomic E-state index is 11.6. The summed E-state index contributed by atoms with van der Waals surface area (Å²) in [5, 5.41) is 2.74. The Hall–Kier alpha value is -2.88. The minimum absolute atomic E-state index is 0.347. The van der Waals surface area contributed by atoms with Crippen LogP contribution in [0.5, 0.6) is 0 Å². The second kappa shape index (κ2) is 4.06. The molecular formula is C16H11N3O. The van der Waals surface area contributed by atoms with E-state index in [0.717, 1.165) is 22.2 Å². The van der Waals surface area contributed by atoms with Crippen molar-refractivity contribution >= 4 is 17.7 Å².